The number of ketones is 2. The van der Waals surface area contributed by atoms with Crippen LogP contribution in [0, 0.1) is 18.3 Å². The van der Waals surface area contributed by atoms with E-state index in [1.807, 2.05) is 32.9 Å². The summed E-state index contributed by atoms with van der Waals surface area (Å²) < 4.78 is 12.2. The lowest BCUT2D eigenvalue weighted by Gasteiger charge is -2.35. The highest BCUT2D eigenvalue weighted by atomic mass is 16.5. The molecular formula is C35H45NO6. The summed E-state index contributed by atoms with van der Waals surface area (Å²) in [7, 11) is 0. The Hall–Kier alpha value is -3.45. The Morgan fingerprint density at radius 1 is 1.10 bits per heavy atom. The maximum Gasteiger partial charge on any atom is 0.320 e. The molecule has 42 heavy (non-hydrogen) atoms. The second-order valence-electron chi connectivity index (χ2n) is 12.7. The third-order valence-electron chi connectivity index (χ3n) is 9.19. The fourth-order valence-electron chi connectivity index (χ4n) is 6.37. The van der Waals surface area contributed by atoms with Crippen LogP contribution in [0.15, 0.2) is 46.9 Å². The van der Waals surface area contributed by atoms with Crippen molar-refractivity contribution in [3.05, 3.63) is 64.9 Å². The van der Waals surface area contributed by atoms with Crippen molar-refractivity contribution in [1.29, 1.82) is 0 Å². The molecule has 1 aromatic heterocycles. The van der Waals surface area contributed by atoms with Gasteiger partial charge in [0.1, 0.15) is 17.4 Å². The molecule has 1 heterocycles. The van der Waals surface area contributed by atoms with Crippen molar-refractivity contribution >= 4 is 28.5 Å². The molecule has 2 N–H and O–H groups in total. The van der Waals surface area contributed by atoms with Crippen molar-refractivity contribution in [2.45, 2.75) is 98.1 Å². The molecule has 0 spiro atoms. The third kappa shape index (κ3) is 6.17. The third-order valence-corrected chi connectivity index (χ3v) is 9.19. The number of carbonyl (C=O) groups is 3. The maximum atomic E-state index is 13.0. The zero-order valence-corrected chi connectivity index (χ0v) is 26.0. The number of hydrogen-bond acceptors (Lipinski definition) is 6. The second kappa shape index (κ2) is 12.4. The van der Waals surface area contributed by atoms with Crippen molar-refractivity contribution in [2.24, 2.45) is 11.3 Å². The summed E-state index contributed by atoms with van der Waals surface area (Å²) in [5.74, 6) is -0.292. The van der Waals surface area contributed by atoms with E-state index in [2.05, 4.69) is 43.4 Å². The van der Waals surface area contributed by atoms with E-state index in [1.165, 1.54) is 5.56 Å². The fourth-order valence-corrected chi connectivity index (χ4v) is 6.37. The van der Waals surface area contributed by atoms with E-state index in [-0.39, 0.29) is 40.6 Å². The number of benzene rings is 2. The number of nitrogens with one attached hydrogen (secondary N) is 1. The smallest absolute Gasteiger partial charge is 0.320 e. The molecule has 1 saturated carbocycles. The number of ether oxygens (including phenoxy) is 1. The van der Waals surface area contributed by atoms with Crippen LogP contribution in [-0.4, -0.2) is 41.3 Å². The van der Waals surface area contributed by atoms with Gasteiger partial charge in [0.15, 0.2) is 17.6 Å². The first kappa shape index (κ1) is 31.5. The van der Waals surface area contributed by atoms with E-state index in [4.69, 9.17) is 9.15 Å². The van der Waals surface area contributed by atoms with Gasteiger partial charge in [-0.25, -0.2) is 0 Å². The molecule has 2 aromatic carbocycles. The molecule has 7 nitrogen and oxygen atoms in total. The summed E-state index contributed by atoms with van der Waals surface area (Å²) in [6, 6.07) is 13.3. The van der Waals surface area contributed by atoms with E-state index in [9.17, 15) is 19.5 Å². The van der Waals surface area contributed by atoms with E-state index in [0.29, 0.717) is 5.58 Å². The minimum absolute atomic E-state index is 0.118. The van der Waals surface area contributed by atoms with Gasteiger partial charge in [0.2, 0.25) is 5.78 Å². The standard InChI is InChI=1S/C35H45NO6/c1-8-35(9-2,24-12-14-27(22(5)17-24)41-29-11-10-16-34(6,7)32(29)38)25-13-15-28-23(18-25)19-30(42-28)26(37)20-36-31(21(3)4)33(39)40/h12-15,17-19,21,29,31,36H,8-11,16,20H2,1-7H3,(H,39,40). The summed E-state index contributed by atoms with van der Waals surface area (Å²) >= 11 is 0. The molecule has 226 valence electrons. The number of furan rings is 1. The summed E-state index contributed by atoms with van der Waals surface area (Å²) in [5.41, 5.74) is 3.29. The monoisotopic (exact) mass is 575 g/mol. The SMILES string of the molecule is CCC(CC)(c1ccc(OC2CCCC(C)(C)C2=O)c(C)c1)c1ccc2oc(C(=O)CNC(C(=O)O)C(C)C)cc2c1. The van der Waals surface area contributed by atoms with Gasteiger partial charge in [-0.3, -0.25) is 19.7 Å². The molecule has 0 aliphatic heterocycles. The largest absolute Gasteiger partial charge is 0.482 e. The predicted molar refractivity (Wildman–Crippen MR) is 164 cm³/mol. The lowest BCUT2D eigenvalue weighted by Crippen LogP contribution is -2.43. The Bertz CT molecular complexity index is 1460. The number of hydrogen-bond donors (Lipinski definition) is 2. The first-order valence-corrected chi connectivity index (χ1v) is 15.2. The zero-order valence-electron chi connectivity index (χ0n) is 26.0. The van der Waals surface area contributed by atoms with Crippen molar-refractivity contribution in [1.82, 2.24) is 5.32 Å². The Morgan fingerprint density at radius 3 is 2.38 bits per heavy atom. The number of rotatable bonds is 12. The van der Waals surface area contributed by atoms with Gasteiger partial charge in [-0.05, 0) is 85.9 Å². The van der Waals surface area contributed by atoms with Crippen molar-refractivity contribution in [3.63, 3.8) is 0 Å². The van der Waals surface area contributed by atoms with E-state index in [1.54, 1.807) is 19.9 Å². The van der Waals surface area contributed by atoms with Gasteiger partial charge in [0.05, 0.1) is 6.54 Å². The number of carboxylic acids is 1. The molecule has 1 aliphatic carbocycles. The van der Waals surface area contributed by atoms with Crippen LogP contribution in [0.1, 0.15) is 101 Å². The molecule has 1 aliphatic rings. The molecule has 0 saturated heterocycles. The lowest BCUT2D eigenvalue weighted by molar-refractivity contribution is -0.140. The van der Waals surface area contributed by atoms with Crippen LogP contribution in [0.4, 0.5) is 0 Å². The molecular weight excluding hydrogens is 530 g/mol. The first-order valence-electron chi connectivity index (χ1n) is 15.2. The van der Waals surface area contributed by atoms with Gasteiger partial charge >= 0.3 is 5.97 Å². The lowest BCUT2D eigenvalue weighted by atomic mass is 9.70. The van der Waals surface area contributed by atoms with Crippen molar-refractivity contribution < 1.29 is 28.6 Å². The molecule has 7 heteroatoms. The van der Waals surface area contributed by atoms with E-state index in [0.717, 1.165) is 54.4 Å². The van der Waals surface area contributed by atoms with Crippen LogP contribution >= 0.6 is 0 Å². The number of Topliss-reactive ketones (excluding diaryl/α,β-unsaturated/α-hetero) is 2. The van der Waals surface area contributed by atoms with E-state index < -0.39 is 18.1 Å². The van der Waals surface area contributed by atoms with Crippen LogP contribution in [0.2, 0.25) is 0 Å². The number of aryl methyl sites for hydroxylation is 1. The molecule has 3 aromatic rings. The molecule has 0 amide bonds. The van der Waals surface area contributed by atoms with Crippen molar-refractivity contribution in [2.75, 3.05) is 6.54 Å². The van der Waals surface area contributed by atoms with Crippen LogP contribution in [0.5, 0.6) is 5.75 Å². The van der Waals surface area contributed by atoms with Crippen LogP contribution < -0.4 is 10.1 Å². The minimum Gasteiger partial charge on any atom is -0.482 e. The highest BCUT2D eigenvalue weighted by Crippen LogP contribution is 2.42. The summed E-state index contributed by atoms with van der Waals surface area (Å²) in [6.45, 7) is 13.9. The molecule has 1 fully saturated rings. The number of carbonyl (C=O) groups excluding carboxylic acids is 2. The Labute approximate surface area is 249 Å². The highest BCUT2D eigenvalue weighted by Gasteiger charge is 2.39. The van der Waals surface area contributed by atoms with Crippen LogP contribution in [0.25, 0.3) is 11.0 Å². The van der Waals surface area contributed by atoms with Crippen molar-refractivity contribution in [3.8, 4) is 5.75 Å². The first-order chi connectivity index (χ1) is 19.8. The number of aliphatic carboxylic acids is 1. The second-order valence-corrected chi connectivity index (χ2v) is 12.7. The van der Waals surface area contributed by atoms with Gasteiger partial charge < -0.3 is 14.3 Å². The number of fused-ring (bicyclic) bond motifs is 1. The van der Waals surface area contributed by atoms with Gasteiger partial charge in [0.25, 0.3) is 0 Å². The molecule has 0 radical (unpaired) electrons. The quantitative estimate of drug-likeness (QED) is 0.219. The van der Waals surface area contributed by atoms with Gasteiger partial charge in [0, 0.05) is 16.2 Å². The average molecular weight is 576 g/mol. The van der Waals surface area contributed by atoms with Gasteiger partial charge in [-0.15, -0.1) is 0 Å². The Kier molecular flexibility index (Phi) is 9.31. The molecule has 2 atom stereocenters. The van der Waals surface area contributed by atoms with Crippen LogP contribution in [-0.2, 0) is 15.0 Å². The normalized spacial score (nSPS) is 17.9. The molecule has 2 unspecified atom stereocenters. The van der Waals surface area contributed by atoms with Gasteiger partial charge in [-0.2, -0.15) is 0 Å². The summed E-state index contributed by atoms with van der Waals surface area (Å²) in [6.07, 6.45) is 3.95. The van der Waals surface area contributed by atoms with E-state index >= 15 is 0 Å². The zero-order chi connectivity index (χ0) is 30.8. The average Bonchev–Trinajstić information content (AvgIpc) is 3.37. The fraction of sp³-hybridized carbons (Fsp3) is 0.514. The minimum atomic E-state index is -0.983. The Morgan fingerprint density at radius 2 is 1.76 bits per heavy atom. The molecule has 4 rings (SSSR count). The van der Waals surface area contributed by atoms with Gasteiger partial charge in [-0.1, -0.05) is 59.7 Å². The Balaban J connectivity index is 1.59. The number of carboxylic acid groups (broad SMARTS) is 1. The summed E-state index contributed by atoms with van der Waals surface area (Å²) in [5, 5.41) is 13.1. The van der Waals surface area contributed by atoms with Crippen LogP contribution in [0.3, 0.4) is 0 Å². The summed E-state index contributed by atoms with van der Waals surface area (Å²) in [4.78, 5) is 37.3. The topological polar surface area (TPSA) is 106 Å². The molecule has 0 bridgehead atoms. The predicted octanol–water partition coefficient (Wildman–Crippen LogP) is 7.26. The highest BCUT2D eigenvalue weighted by molar-refractivity contribution is 5.99. The maximum absolute atomic E-state index is 13.0.